The van der Waals surface area contributed by atoms with Crippen molar-refractivity contribution < 1.29 is 14.7 Å². The summed E-state index contributed by atoms with van der Waals surface area (Å²) < 4.78 is 0. The van der Waals surface area contributed by atoms with Crippen molar-refractivity contribution in [3.63, 3.8) is 0 Å². The Balaban J connectivity index is 1.97. The van der Waals surface area contributed by atoms with Gasteiger partial charge in [0.05, 0.1) is 10.6 Å². The smallest absolute Gasteiger partial charge is 0.337 e. The molecule has 0 saturated heterocycles. The largest absolute Gasteiger partial charge is 0.478 e. The molecule has 5 heteroatoms. The number of hydrogen-bond acceptors (Lipinski definition) is 2. The lowest BCUT2D eigenvalue weighted by atomic mass is 9.98. The number of rotatable bonds is 2. The number of hydrogen-bond donors (Lipinski definition) is 1. The number of fused-ring (bicyclic) bond motifs is 1. The summed E-state index contributed by atoms with van der Waals surface area (Å²) in [6.07, 6.45) is 0.764. The first kappa shape index (κ1) is 13.6. The molecule has 4 nitrogen and oxygen atoms in total. The minimum atomic E-state index is -1.08. The molecule has 3 rings (SSSR count). The van der Waals surface area contributed by atoms with E-state index in [9.17, 15) is 9.59 Å². The van der Waals surface area contributed by atoms with E-state index in [0.717, 1.165) is 12.0 Å². The molecular formula is C16H12ClNO3. The minimum Gasteiger partial charge on any atom is -0.478 e. The summed E-state index contributed by atoms with van der Waals surface area (Å²) >= 11 is 5.97. The number of carbonyl (C=O) groups is 2. The number of carboxylic acids is 1. The highest BCUT2D eigenvalue weighted by Gasteiger charge is 2.25. The molecule has 1 N–H and O–H groups in total. The first-order valence-corrected chi connectivity index (χ1v) is 6.88. The number of amides is 1. The predicted molar refractivity (Wildman–Crippen MR) is 80.2 cm³/mol. The fourth-order valence-electron chi connectivity index (χ4n) is 2.52. The summed E-state index contributed by atoms with van der Waals surface area (Å²) in [6, 6.07) is 12.1. The van der Waals surface area contributed by atoms with Crippen molar-refractivity contribution in [1.82, 2.24) is 0 Å². The Kier molecular flexibility index (Phi) is 3.39. The molecule has 0 radical (unpaired) electrons. The molecule has 0 atom stereocenters. The molecule has 0 saturated carbocycles. The van der Waals surface area contributed by atoms with E-state index in [0.29, 0.717) is 17.8 Å². The lowest BCUT2D eigenvalue weighted by molar-refractivity contribution is 0.0697. The van der Waals surface area contributed by atoms with Gasteiger partial charge in [0, 0.05) is 17.8 Å². The lowest BCUT2D eigenvalue weighted by Gasteiger charge is -2.28. The maximum absolute atomic E-state index is 12.5. The number of benzene rings is 2. The third kappa shape index (κ3) is 2.38. The third-order valence-electron chi connectivity index (χ3n) is 3.59. The van der Waals surface area contributed by atoms with E-state index in [4.69, 9.17) is 16.7 Å². The van der Waals surface area contributed by atoms with Crippen molar-refractivity contribution in [2.75, 3.05) is 11.4 Å². The monoisotopic (exact) mass is 301 g/mol. The molecule has 1 aliphatic heterocycles. The number of nitrogens with zero attached hydrogens (tertiary/aromatic N) is 1. The Morgan fingerprint density at radius 3 is 2.67 bits per heavy atom. The van der Waals surface area contributed by atoms with E-state index >= 15 is 0 Å². The maximum Gasteiger partial charge on any atom is 0.337 e. The number of anilines is 1. The summed E-state index contributed by atoms with van der Waals surface area (Å²) in [5.41, 5.74) is 2.36. The summed E-state index contributed by atoms with van der Waals surface area (Å²) in [7, 11) is 0. The van der Waals surface area contributed by atoms with Gasteiger partial charge in [0.2, 0.25) is 0 Å². The Bertz CT molecular complexity index is 742. The molecule has 21 heavy (non-hydrogen) atoms. The topological polar surface area (TPSA) is 57.6 Å². The van der Waals surface area contributed by atoms with Gasteiger partial charge < -0.3 is 10.0 Å². The number of carbonyl (C=O) groups excluding carboxylic acids is 1. The normalized spacial score (nSPS) is 14.0. The highest BCUT2D eigenvalue weighted by Crippen LogP contribution is 2.28. The molecule has 0 aromatic heterocycles. The zero-order chi connectivity index (χ0) is 15.0. The molecule has 106 valence electrons. The van der Waals surface area contributed by atoms with Crippen LogP contribution >= 0.6 is 11.6 Å². The Labute approximate surface area is 126 Å². The van der Waals surface area contributed by atoms with Crippen molar-refractivity contribution in [2.45, 2.75) is 6.42 Å². The third-order valence-corrected chi connectivity index (χ3v) is 3.91. The fourth-order valence-corrected chi connectivity index (χ4v) is 2.77. The van der Waals surface area contributed by atoms with Gasteiger partial charge in [-0.05, 0) is 36.2 Å². The van der Waals surface area contributed by atoms with E-state index in [-0.39, 0.29) is 16.5 Å². The highest BCUT2D eigenvalue weighted by molar-refractivity contribution is 6.34. The second-order valence-electron chi connectivity index (χ2n) is 4.83. The quantitative estimate of drug-likeness (QED) is 0.926. The first-order chi connectivity index (χ1) is 10.1. The predicted octanol–water partition coefficient (Wildman–Crippen LogP) is 3.24. The molecule has 1 heterocycles. The first-order valence-electron chi connectivity index (χ1n) is 6.50. The summed E-state index contributed by atoms with van der Waals surface area (Å²) in [5, 5.41) is 9.12. The van der Waals surface area contributed by atoms with E-state index in [1.54, 1.807) is 17.0 Å². The molecule has 2 aromatic rings. The van der Waals surface area contributed by atoms with Crippen LogP contribution in [-0.2, 0) is 6.42 Å². The molecular weight excluding hydrogens is 290 g/mol. The zero-order valence-corrected chi connectivity index (χ0v) is 11.8. The van der Waals surface area contributed by atoms with Gasteiger partial charge in [-0.15, -0.1) is 0 Å². The molecule has 0 unspecified atom stereocenters. The van der Waals surface area contributed by atoms with Crippen LogP contribution in [0.4, 0.5) is 5.69 Å². The molecule has 1 aliphatic rings. The minimum absolute atomic E-state index is 0.0327. The van der Waals surface area contributed by atoms with Crippen LogP contribution in [0.25, 0.3) is 0 Å². The summed E-state index contributed by atoms with van der Waals surface area (Å²) in [5.74, 6) is -1.17. The average molecular weight is 302 g/mol. The SMILES string of the molecule is O=C(O)c1ccc(N2CCc3ccccc3C2=O)cc1Cl. The Morgan fingerprint density at radius 2 is 1.95 bits per heavy atom. The van der Waals surface area contributed by atoms with Gasteiger partial charge in [0.1, 0.15) is 0 Å². The summed E-state index contributed by atoms with van der Waals surface area (Å²) in [6.45, 7) is 0.554. The van der Waals surface area contributed by atoms with Gasteiger partial charge in [0.25, 0.3) is 5.91 Å². The molecule has 0 aliphatic carbocycles. The Morgan fingerprint density at radius 1 is 1.19 bits per heavy atom. The number of carboxylic acid groups (broad SMARTS) is 1. The maximum atomic E-state index is 12.5. The Hall–Kier alpha value is -2.33. The van der Waals surface area contributed by atoms with Crippen molar-refractivity contribution >= 4 is 29.2 Å². The number of halogens is 1. The van der Waals surface area contributed by atoms with Gasteiger partial charge in [0.15, 0.2) is 0 Å². The van der Waals surface area contributed by atoms with Gasteiger partial charge in [-0.2, -0.15) is 0 Å². The van der Waals surface area contributed by atoms with Gasteiger partial charge in [-0.3, -0.25) is 4.79 Å². The molecule has 0 fully saturated rings. The van der Waals surface area contributed by atoms with Gasteiger partial charge >= 0.3 is 5.97 Å². The average Bonchev–Trinajstić information content (AvgIpc) is 2.47. The van der Waals surface area contributed by atoms with Crippen molar-refractivity contribution in [3.8, 4) is 0 Å². The molecule has 0 bridgehead atoms. The molecule has 1 amide bonds. The van der Waals surface area contributed by atoms with Crippen molar-refractivity contribution in [1.29, 1.82) is 0 Å². The van der Waals surface area contributed by atoms with Crippen LogP contribution in [0.5, 0.6) is 0 Å². The van der Waals surface area contributed by atoms with Crippen LogP contribution in [-0.4, -0.2) is 23.5 Å². The molecule has 0 spiro atoms. The van der Waals surface area contributed by atoms with E-state index in [1.165, 1.54) is 12.1 Å². The summed E-state index contributed by atoms with van der Waals surface area (Å²) in [4.78, 5) is 25.1. The van der Waals surface area contributed by atoms with E-state index in [1.807, 2.05) is 18.2 Å². The van der Waals surface area contributed by atoms with Gasteiger partial charge in [-0.1, -0.05) is 29.8 Å². The molecule has 2 aromatic carbocycles. The second kappa shape index (κ2) is 5.22. The lowest BCUT2D eigenvalue weighted by Crippen LogP contribution is -2.37. The highest BCUT2D eigenvalue weighted by atomic mass is 35.5. The van der Waals surface area contributed by atoms with E-state index < -0.39 is 5.97 Å². The number of aromatic carboxylic acids is 1. The van der Waals surface area contributed by atoms with Crippen LogP contribution in [0.15, 0.2) is 42.5 Å². The van der Waals surface area contributed by atoms with Crippen LogP contribution in [0.1, 0.15) is 26.3 Å². The van der Waals surface area contributed by atoms with Crippen LogP contribution in [0.3, 0.4) is 0 Å². The van der Waals surface area contributed by atoms with Gasteiger partial charge in [-0.25, -0.2) is 4.79 Å². The second-order valence-corrected chi connectivity index (χ2v) is 5.24. The van der Waals surface area contributed by atoms with E-state index in [2.05, 4.69) is 0 Å². The zero-order valence-electron chi connectivity index (χ0n) is 11.0. The van der Waals surface area contributed by atoms with Crippen LogP contribution < -0.4 is 4.90 Å². The van der Waals surface area contributed by atoms with Crippen molar-refractivity contribution in [3.05, 3.63) is 64.2 Å². The standard InChI is InChI=1S/C16H12ClNO3/c17-14-9-11(5-6-13(14)16(20)21)18-8-7-10-3-1-2-4-12(10)15(18)19/h1-6,9H,7-8H2,(H,20,21). The van der Waals surface area contributed by atoms with Crippen LogP contribution in [0, 0.1) is 0 Å². The van der Waals surface area contributed by atoms with Crippen LogP contribution in [0.2, 0.25) is 5.02 Å². The fraction of sp³-hybridized carbons (Fsp3) is 0.125. The van der Waals surface area contributed by atoms with Crippen molar-refractivity contribution in [2.24, 2.45) is 0 Å².